The van der Waals surface area contributed by atoms with Gasteiger partial charge in [0.1, 0.15) is 11.5 Å². The number of hydrogen-bond acceptors (Lipinski definition) is 4. The summed E-state index contributed by atoms with van der Waals surface area (Å²) in [5.74, 6) is 1.67. The molecule has 1 unspecified atom stereocenters. The Kier molecular flexibility index (Phi) is 4.84. The highest BCUT2D eigenvalue weighted by Crippen LogP contribution is 2.24. The molecule has 0 bridgehead atoms. The fourth-order valence-electron chi connectivity index (χ4n) is 1.62. The molecule has 2 rings (SSSR count). The molecule has 18 heavy (non-hydrogen) atoms. The van der Waals surface area contributed by atoms with Crippen LogP contribution in [0, 0.1) is 0 Å². The monoisotopic (exact) mass is 263 g/mol. The van der Waals surface area contributed by atoms with Gasteiger partial charge < -0.3 is 9.63 Å². The molecule has 1 atom stereocenters. The third kappa shape index (κ3) is 3.62. The predicted molar refractivity (Wildman–Crippen MR) is 74.4 cm³/mol. The Morgan fingerprint density at radius 2 is 2.11 bits per heavy atom. The molecule has 0 spiro atoms. The number of benzene rings is 1. The van der Waals surface area contributed by atoms with Crippen molar-refractivity contribution in [3.05, 3.63) is 42.2 Å². The molecule has 1 heterocycles. The summed E-state index contributed by atoms with van der Waals surface area (Å²) in [6, 6.07) is 12.0. The molecule has 0 aliphatic carbocycles. The first-order valence-electron chi connectivity index (χ1n) is 6.03. The van der Waals surface area contributed by atoms with Gasteiger partial charge in [0.2, 0.25) is 0 Å². The minimum Gasteiger partial charge on any atom is -0.396 e. The van der Waals surface area contributed by atoms with Crippen molar-refractivity contribution in [3.8, 4) is 11.3 Å². The molecule has 1 aromatic carbocycles. The second-order valence-corrected chi connectivity index (χ2v) is 5.61. The van der Waals surface area contributed by atoms with Crippen LogP contribution in [0.4, 0.5) is 0 Å². The van der Waals surface area contributed by atoms with Crippen molar-refractivity contribution in [2.75, 3.05) is 6.61 Å². The molecule has 3 nitrogen and oxygen atoms in total. The van der Waals surface area contributed by atoms with Crippen LogP contribution in [-0.4, -0.2) is 22.1 Å². The molecule has 0 saturated heterocycles. The first kappa shape index (κ1) is 13.2. The molecule has 0 aliphatic rings. The number of rotatable bonds is 6. The van der Waals surface area contributed by atoms with Crippen LogP contribution in [0.25, 0.3) is 11.3 Å². The fraction of sp³-hybridized carbons (Fsp3) is 0.357. The van der Waals surface area contributed by atoms with Gasteiger partial charge in [-0.2, -0.15) is 11.8 Å². The summed E-state index contributed by atoms with van der Waals surface area (Å²) in [7, 11) is 0. The summed E-state index contributed by atoms with van der Waals surface area (Å²) in [5, 5.41) is 13.3. The molecule has 0 radical (unpaired) electrons. The van der Waals surface area contributed by atoms with E-state index in [1.165, 1.54) is 0 Å². The van der Waals surface area contributed by atoms with Crippen LogP contribution in [0.3, 0.4) is 0 Å². The van der Waals surface area contributed by atoms with Crippen molar-refractivity contribution in [2.45, 2.75) is 24.3 Å². The van der Waals surface area contributed by atoms with E-state index in [1.807, 2.05) is 36.4 Å². The SMILES string of the molecule is CC(CCO)SCc1cc(-c2ccccc2)no1. The molecule has 0 amide bonds. The lowest BCUT2D eigenvalue weighted by atomic mass is 10.1. The van der Waals surface area contributed by atoms with Crippen LogP contribution < -0.4 is 0 Å². The number of nitrogens with zero attached hydrogens (tertiary/aromatic N) is 1. The largest absolute Gasteiger partial charge is 0.396 e. The average Bonchev–Trinajstić information content (AvgIpc) is 2.87. The van der Waals surface area contributed by atoms with E-state index in [9.17, 15) is 0 Å². The lowest BCUT2D eigenvalue weighted by Gasteiger charge is -2.06. The molecular weight excluding hydrogens is 246 g/mol. The van der Waals surface area contributed by atoms with Gasteiger partial charge in [-0.05, 0) is 6.42 Å². The Labute approximate surface area is 111 Å². The number of aliphatic hydroxyl groups excluding tert-OH is 1. The Hall–Kier alpha value is -1.26. The lowest BCUT2D eigenvalue weighted by Crippen LogP contribution is -1.99. The molecule has 1 N–H and O–H groups in total. The van der Waals surface area contributed by atoms with E-state index in [-0.39, 0.29) is 6.61 Å². The Balaban J connectivity index is 1.95. The smallest absolute Gasteiger partial charge is 0.147 e. The molecule has 1 aromatic heterocycles. The lowest BCUT2D eigenvalue weighted by molar-refractivity contribution is 0.289. The van der Waals surface area contributed by atoms with Gasteiger partial charge in [-0.3, -0.25) is 0 Å². The summed E-state index contributed by atoms with van der Waals surface area (Å²) < 4.78 is 5.31. The molecule has 4 heteroatoms. The Morgan fingerprint density at radius 3 is 2.83 bits per heavy atom. The van der Waals surface area contributed by atoms with Crippen molar-refractivity contribution >= 4 is 11.8 Å². The molecular formula is C14H17NO2S. The zero-order chi connectivity index (χ0) is 12.8. The van der Waals surface area contributed by atoms with E-state index in [0.717, 1.165) is 29.2 Å². The average molecular weight is 263 g/mol. The van der Waals surface area contributed by atoms with Gasteiger partial charge in [0.15, 0.2) is 0 Å². The summed E-state index contributed by atoms with van der Waals surface area (Å²) in [4.78, 5) is 0. The molecule has 0 saturated carbocycles. The van der Waals surface area contributed by atoms with Crippen LogP contribution in [0.5, 0.6) is 0 Å². The van der Waals surface area contributed by atoms with Gasteiger partial charge in [0, 0.05) is 23.5 Å². The van der Waals surface area contributed by atoms with Crippen molar-refractivity contribution in [3.63, 3.8) is 0 Å². The van der Waals surface area contributed by atoms with E-state index in [0.29, 0.717) is 5.25 Å². The van der Waals surface area contributed by atoms with Crippen molar-refractivity contribution in [2.24, 2.45) is 0 Å². The third-order valence-electron chi connectivity index (χ3n) is 2.67. The molecule has 2 aromatic rings. The highest BCUT2D eigenvalue weighted by molar-refractivity contribution is 7.99. The maximum atomic E-state index is 8.84. The van der Waals surface area contributed by atoms with Gasteiger partial charge >= 0.3 is 0 Å². The summed E-state index contributed by atoms with van der Waals surface area (Å²) in [6.07, 6.45) is 0.810. The van der Waals surface area contributed by atoms with E-state index in [1.54, 1.807) is 11.8 Å². The van der Waals surface area contributed by atoms with Crippen molar-refractivity contribution < 1.29 is 9.63 Å². The maximum absolute atomic E-state index is 8.84. The van der Waals surface area contributed by atoms with E-state index < -0.39 is 0 Å². The summed E-state index contributed by atoms with van der Waals surface area (Å²) in [6.45, 7) is 2.34. The number of aromatic nitrogens is 1. The van der Waals surface area contributed by atoms with Gasteiger partial charge in [-0.25, -0.2) is 0 Å². The summed E-state index contributed by atoms with van der Waals surface area (Å²) >= 11 is 1.77. The first-order chi connectivity index (χ1) is 8.79. The topological polar surface area (TPSA) is 46.3 Å². The quantitative estimate of drug-likeness (QED) is 0.868. The number of aliphatic hydroxyl groups is 1. The van der Waals surface area contributed by atoms with E-state index in [4.69, 9.17) is 9.63 Å². The van der Waals surface area contributed by atoms with E-state index >= 15 is 0 Å². The maximum Gasteiger partial charge on any atom is 0.147 e. The Bertz CT molecular complexity index is 470. The highest BCUT2D eigenvalue weighted by Gasteiger charge is 2.08. The van der Waals surface area contributed by atoms with Crippen LogP contribution in [-0.2, 0) is 5.75 Å². The van der Waals surface area contributed by atoms with Crippen molar-refractivity contribution in [1.82, 2.24) is 5.16 Å². The van der Waals surface area contributed by atoms with Gasteiger partial charge in [0.25, 0.3) is 0 Å². The molecule has 96 valence electrons. The van der Waals surface area contributed by atoms with Crippen LogP contribution in [0.15, 0.2) is 40.9 Å². The van der Waals surface area contributed by atoms with Crippen molar-refractivity contribution in [1.29, 1.82) is 0 Å². The first-order valence-corrected chi connectivity index (χ1v) is 7.08. The second kappa shape index (κ2) is 6.61. The zero-order valence-electron chi connectivity index (χ0n) is 10.4. The minimum atomic E-state index is 0.236. The molecule has 0 aliphatic heterocycles. The van der Waals surface area contributed by atoms with Gasteiger partial charge in [-0.15, -0.1) is 0 Å². The standard InChI is InChI=1S/C14H17NO2S/c1-11(7-8-16)18-10-13-9-14(15-17-13)12-5-3-2-4-6-12/h2-6,9,11,16H,7-8,10H2,1H3. The van der Waals surface area contributed by atoms with E-state index in [2.05, 4.69) is 12.1 Å². The second-order valence-electron chi connectivity index (χ2n) is 4.18. The Morgan fingerprint density at radius 1 is 1.33 bits per heavy atom. The highest BCUT2D eigenvalue weighted by atomic mass is 32.2. The fourth-order valence-corrected chi connectivity index (χ4v) is 2.47. The van der Waals surface area contributed by atoms with Gasteiger partial charge in [-0.1, -0.05) is 42.4 Å². The van der Waals surface area contributed by atoms with Crippen LogP contribution >= 0.6 is 11.8 Å². The zero-order valence-corrected chi connectivity index (χ0v) is 11.2. The molecule has 0 fully saturated rings. The van der Waals surface area contributed by atoms with Crippen LogP contribution in [0.1, 0.15) is 19.1 Å². The normalized spacial score (nSPS) is 12.6. The van der Waals surface area contributed by atoms with Gasteiger partial charge in [0.05, 0.1) is 5.75 Å². The third-order valence-corrected chi connectivity index (χ3v) is 3.93. The summed E-state index contributed by atoms with van der Waals surface area (Å²) in [5.41, 5.74) is 1.95. The number of hydrogen-bond donors (Lipinski definition) is 1. The minimum absolute atomic E-state index is 0.236. The number of thioether (sulfide) groups is 1. The predicted octanol–water partition coefficient (Wildman–Crippen LogP) is 3.35. The van der Waals surface area contributed by atoms with Crippen LogP contribution in [0.2, 0.25) is 0 Å².